The first-order chi connectivity index (χ1) is 7.59. The third-order valence-electron chi connectivity index (χ3n) is 2.10. The lowest BCUT2D eigenvalue weighted by molar-refractivity contribution is 0.239. The molecule has 5 heteroatoms. The molecule has 0 aliphatic carbocycles. The van der Waals surface area contributed by atoms with Gasteiger partial charge in [-0.1, -0.05) is 30.3 Å². The predicted octanol–water partition coefficient (Wildman–Crippen LogP) is 0.634. The average molecular weight is 221 g/mol. The fourth-order valence-electron chi connectivity index (χ4n) is 1.20. The van der Waals surface area contributed by atoms with Crippen molar-refractivity contribution in [3.63, 3.8) is 0 Å². The summed E-state index contributed by atoms with van der Waals surface area (Å²) in [7, 11) is 0. The molecule has 0 aromatic heterocycles. The van der Waals surface area contributed by atoms with Gasteiger partial charge in [0.25, 0.3) is 0 Å². The summed E-state index contributed by atoms with van der Waals surface area (Å²) in [6.45, 7) is 1.63. The highest BCUT2D eigenvalue weighted by molar-refractivity contribution is 5.87. The summed E-state index contributed by atoms with van der Waals surface area (Å²) >= 11 is 0. The smallest absolute Gasteiger partial charge is 0.332 e. The van der Waals surface area contributed by atoms with Crippen molar-refractivity contribution in [2.75, 3.05) is 0 Å². The van der Waals surface area contributed by atoms with Crippen LogP contribution in [0, 0.1) is 0 Å². The first-order valence-corrected chi connectivity index (χ1v) is 4.91. The first kappa shape index (κ1) is 12.2. The fraction of sp³-hybridized carbons (Fsp3) is 0.273. The maximum atomic E-state index is 10.4. The Morgan fingerprint density at radius 2 is 2.12 bits per heavy atom. The van der Waals surface area contributed by atoms with Crippen molar-refractivity contribution in [3.05, 3.63) is 35.9 Å². The number of benzene rings is 1. The molecule has 0 aliphatic rings. The van der Waals surface area contributed by atoms with Gasteiger partial charge in [0, 0.05) is 6.42 Å². The van der Waals surface area contributed by atoms with Gasteiger partial charge in [-0.3, -0.25) is 0 Å². The standard InChI is InChI=1S/C11H15N3O2/c1-8(13-14-11(12)16)10(15)7-9-5-3-2-4-6-9/h2-6,10,15H,7H2,1H3,(H3,12,14,16). The molecule has 1 aromatic carbocycles. The van der Waals surface area contributed by atoms with Gasteiger partial charge in [0.2, 0.25) is 0 Å². The Morgan fingerprint density at radius 3 is 2.69 bits per heavy atom. The number of primary amides is 1. The van der Waals surface area contributed by atoms with E-state index in [9.17, 15) is 9.90 Å². The molecule has 86 valence electrons. The molecule has 2 amide bonds. The highest BCUT2D eigenvalue weighted by Gasteiger charge is 2.09. The number of amides is 2. The molecule has 0 aliphatic heterocycles. The average Bonchev–Trinajstić information content (AvgIpc) is 2.27. The molecule has 1 unspecified atom stereocenters. The molecular weight excluding hydrogens is 206 g/mol. The Labute approximate surface area is 94.0 Å². The maximum absolute atomic E-state index is 10.4. The number of aliphatic hydroxyl groups excluding tert-OH is 1. The van der Waals surface area contributed by atoms with E-state index in [1.165, 1.54) is 0 Å². The monoisotopic (exact) mass is 221 g/mol. The number of aliphatic hydroxyl groups is 1. The molecule has 0 saturated heterocycles. The lowest BCUT2D eigenvalue weighted by Gasteiger charge is -2.09. The van der Waals surface area contributed by atoms with E-state index in [1.807, 2.05) is 30.3 Å². The fourth-order valence-corrected chi connectivity index (χ4v) is 1.20. The predicted molar refractivity (Wildman–Crippen MR) is 62.0 cm³/mol. The molecule has 1 rings (SSSR count). The van der Waals surface area contributed by atoms with Crippen LogP contribution < -0.4 is 11.2 Å². The number of hydrogen-bond donors (Lipinski definition) is 3. The molecule has 1 atom stereocenters. The second-order valence-electron chi connectivity index (χ2n) is 3.43. The van der Waals surface area contributed by atoms with Gasteiger partial charge in [-0.25, -0.2) is 10.2 Å². The van der Waals surface area contributed by atoms with E-state index in [0.717, 1.165) is 5.56 Å². The SMILES string of the molecule is CC(=NNC(N)=O)C(O)Cc1ccccc1. The van der Waals surface area contributed by atoms with Crippen molar-refractivity contribution in [3.8, 4) is 0 Å². The van der Waals surface area contributed by atoms with Crippen molar-refractivity contribution in [1.29, 1.82) is 0 Å². The van der Waals surface area contributed by atoms with Crippen molar-refractivity contribution < 1.29 is 9.90 Å². The molecule has 16 heavy (non-hydrogen) atoms. The summed E-state index contributed by atoms with van der Waals surface area (Å²) in [5, 5.41) is 13.4. The molecule has 1 aromatic rings. The topological polar surface area (TPSA) is 87.7 Å². The number of carbonyl (C=O) groups is 1. The minimum absolute atomic E-state index is 0.419. The Bertz CT molecular complexity index is 376. The Hall–Kier alpha value is -1.88. The van der Waals surface area contributed by atoms with Crippen LogP contribution in [0.4, 0.5) is 4.79 Å². The van der Waals surface area contributed by atoms with Crippen molar-refractivity contribution in [2.45, 2.75) is 19.4 Å². The third-order valence-corrected chi connectivity index (χ3v) is 2.10. The summed E-state index contributed by atoms with van der Waals surface area (Å²) in [6.07, 6.45) is -0.273. The van der Waals surface area contributed by atoms with E-state index in [2.05, 4.69) is 10.5 Å². The number of hydrazone groups is 1. The van der Waals surface area contributed by atoms with E-state index >= 15 is 0 Å². The number of hydrogen-bond acceptors (Lipinski definition) is 3. The van der Waals surface area contributed by atoms with Gasteiger partial charge in [-0.2, -0.15) is 5.10 Å². The normalized spacial score (nSPS) is 13.2. The van der Waals surface area contributed by atoms with Crippen molar-refractivity contribution in [1.82, 2.24) is 5.43 Å². The number of urea groups is 1. The minimum atomic E-state index is -0.744. The van der Waals surface area contributed by atoms with Gasteiger partial charge in [-0.15, -0.1) is 0 Å². The number of carbonyl (C=O) groups excluding carboxylic acids is 1. The summed E-state index contributed by atoms with van der Waals surface area (Å²) in [6, 6.07) is 8.79. The van der Waals surface area contributed by atoms with Crippen LogP contribution in [0.15, 0.2) is 35.4 Å². The van der Waals surface area contributed by atoms with Gasteiger partial charge in [0.05, 0.1) is 11.8 Å². The van der Waals surface area contributed by atoms with Gasteiger partial charge < -0.3 is 10.8 Å². The highest BCUT2D eigenvalue weighted by atomic mass is 16.3. The Balaban J connectivity index is 2.55. The van der Waals surface area contributed by atoms with Gasteiger partial charge in [0.1, 0.15) is 0 Å². The lowest BCUT2D eigenvalue weighted by Crippen LogP contribution is -2.29. The van der Waals surface area contributed by atoms with Crippen LogP contribution in [0.25, 0.3) is 0 Å². The number of rotatable bonds is 4. The van der Waals surface area contributed by atoms with Crippen LogP contribution in [-0.2, 0) is 6.42 Å². The second-order valence-corrected chi connectivity index (χ2v) is 3.43. The molecule has 4 N–H and O–H groups in total. The van der Waals surface area contributed by atoms with Gasteiger partial charge in [0.15, 0.2) is 0 Å². The maximum Gasteiger partial charge on any atom is 0.332 e. The summed E-state index contributed by atoms with van der Waals surface area (Å²) in [5.41, 5.74) is 8.36. The first-order valence-electron chi connectivity index (χ1n) is 4.91. The third kappa shape index (κ3) is 4.10. The quantitative estimate of drug-likeness (QED) is 0.514. The number of nitrogens with zero attached hydrogens (tertiary/aromatic N) is 1. The van der Waals surface area contributed by atoms with Crippen LogP contribution >= 0.6 is 0 Å². The van der Waals surface area contributed by atoms with E-state index in [1.54, 1.807) is 6.92 Å². The number of nitrogens with two attached hydrogens (primary N) is 1. The van der Waals surface area contributed by atoms with Crippen LogP contribution in [0.1, 0.15) is 12.5 Å². The van der Waals surface area contributed by atoms with E-state index in [0.29, 0.717) is 12.1 Å². The Morgan fingerprint density at radius 1 is 1.50 bits per heavy atom. The largest absolute Gasteiger partial charge is 0.387 e. The molecule has 0 radical (unpaired) electrons. The highest BCUT2D eigenvalue weighted by Crippen LogP contribution is 2.04. The van der Waals surface area contributed by atoms with Crippen molar-refractivity contribution in [2.24, 2.45) is 10.8 Å². The second kappa shape index (κ2) is 5.87. The molecule has 5 nitrogen and oxygen atoms in total. The van der Waals surface area contributed by atoms with E-state index < -0.39 is 12.1 Å². The summed E-state index contributed by atoms with van der Waals surface area (Å²) in [5.74, 6) is 0. The van der Waals surface area contributed by atoms with Gasteiger partial charge in [-0.05, 0) is 12.5 Å². The van der Waals surface area contributed by atoms with E-state index in [4.69, 9.17) is 5.73 Å². The Kier molecular flexibility index (Phi) is 4.47. The van der Waals surface area contributed by atoms with E-state index in [-0.39, 0.29) is 0 Å². The van der Waals surface area contributed by atoms with Crippen LogP contribution in [-0.4, -0.2) is 23.0 Å². The lowest BCUT2D eigenvalue weighted by atomic mass is 10.1. The molecule has 0 fully saturated rings. The summed E-state index contributed by atoms with van der Waals surface area (Å²) < 4.78 is 0. The van der Waals surface area contributed by atoms with Crippen LogP contribution in [0.3, 0.4) is 0 Å². The van der Waals surface area contributed by atoms with Gasteiger partial charge >= 0.3 is 6.03 Å². The molecule has 0 heterocycles. The number of nitrogens with one attached hydrogen (secondary N) is 1. The molecule has 0 saturated carbocycles. The summed E-state index contributed by atoms with van der Waals surface area (Å²) in [4.78, 5) is 10.4. The zero-order valence-corrected chi connectivity index (χ0v) is 9.05. The van der Waals surface area contributed by atoms with Crippen LogP contribution in [0.5, 0.6) is 0 Å². The van der Waals surface area contributed by atoms with Crippen LogP contribution in [0.2, 0.25) is 0 Å². The van der Waals surface area contributed by atoms with Crippen molar-refractivity contribution >= 4 is 11.7 Å². The molecular formula is C11H15N3O2. The zero-order chi connectivity index (χ0) is 12.0. The molecule has 0 bridgehead atoms. The minimum Gasteiger partial charge on any atom is -0.387 e. The zero-order valence-electron chi connectivity index (χ0n) is 9.05. The molecule has 0 spiro atoms.